The molecule has 0 aliphatic carbocycles. The van der Waals surface area contributed by atoms with Gasteiger partial charge in [0.05, 0.1) is 31.0 Å². The fourth-order valence-electron chi connectivity index (χ4n) is 3.14. The molecule has 0 spiro atoms. The van der Waals surface area contributed by atoms with Gasteiger partial charge in [0, 0.05) is 61.2 Å². The van der Waals surface area contributed by atoms with Crippen molar-refractivity contribution in [2.45, 2.75) is 34.1 Å². The van der Waals surface area contributed by atoms with Gasteiger partial charge in [0.25, 0.3) is 0 Å². The minimum absolute atomic E-state index is 0. The predicted molar refractivity (Wildman–Crippen MR) is 225 cm³/mol. The Morgan fingerprint density at radius 1 is 0.948 bits per heavy atom. The van der Waals surface area contributed by atoms with Gasteiger partial charge < -0.3 is 47.3 Å². The number of alkyl halides is 2. The Morgan fingerprint density at radius 2 is 1.43 bits per heavy atom. The van der Waals surface area contributed by atoms with E-state index in [1.807, 2.05) is 78.3 Å². The molecular weight excluding hydrogens is 1100 g/mol. The van der Waals surface area contributed by atoms with Crippen LogP contribution in [0.4, 0.5) is 0 Å². The van der Waals surface area contributed by atoms with E-state index in [1.165, 1.54) is 11.8 Å². The molecule has 1 aliphatic rings. The number of carbonyl (C=O) groups is 3. The summed E-state index contributed by atoms with van der Waals surface area (Å²) in [5.74, 6) is -0.803. The number of ether oxygens (including phenoxy) is 3. The Bertz CT molecular complexity index is 1760. The molecule has 58 heavy (non-hydrogen) atoms. The summed E-state index contributed by atoms with van der Waals surface area (Å²) in [5.41, 5.74) is 3.00. The molecule has 4 heterocycles. The Morgan fingerprint density at radius 3 is 1.78 bits per heavy atom. The summed E-state index contributed by atoms with van der Waals surface area (Å²) in [4.78, 5) is 44.8. The molecule has 0 saturated carbocycles. The molecule has 24 heteroatoms. The van der Waals surface area contributed by atoms with Crippen LogP contribution in [0.2, 0.25) is 0 Å². The molecule has 4 rings (SSSR count). The number of carbonyl (C=O) groups excluding carboxylic acids is 3. The Balaban J connectivity index is -0.000000195. The van der Waals surface area contributed by atoms with Gasteiger partial charge in [-0.25, -0.2) is 43.8 Å². The van der Waals surface area contributed by atoms with Crippen molar-refractivity contribution in [1.82, 2.24) is 14.9 Å². The molecule has 3 aromatic rings. The molecule has 1 aliphatic heterocycles. The largest absolute Gasteiger partial charge is 1.00 e. The minimum atomic E-state index is -3.42. The van der Waals surface area contributed by atoms with Gasteiger partial charge in [-0.1, -0.05) is 49.4 Å². The monoisotopic (exact) mass is 1150 g/mol. The van der Waals surface area contributed by atoms with Gasteiger partial charge in [0.15, 0.2) is 12.4 Å². The number of halogens is 4. The van der Waals surface area contributed by atoms with E-state index in [0.717, 1.165) is 0 Å². The van der Waals surface area contributed by atoms with Gasteiger partial charge in [0.2, 0.25) is 9.05 Å². The van der Waals surface area contributed by atoms with E-state index in [9.17, 15) is 27.0 Å². The van der Waals surface area contributed by atoms with Crippen molar-refractivity contribution in [2.75, 3.05) is 37.0 Å². The van der Waals surface area contributed by atoms with E-state index in [2.05, 4.69) is 63.8 Å². The molecule has 0 radical (unpaired) electrons. The average Bonchev–Trinajstić information content (AvgIpc) is 3.17. The summed E-state index contributed by atoms with van der Waals surface area (Å²) in [5, 5.41) is 9.63. The van der Waals surface area contributed by atoms with Crippen LogP contribution in [0.15, 0.2) is 97.6 Å². The quantitative estimate of drug-likeness (QED) is 0.0290. The molecule has 0 fully saturated rings. The van der Waals surface area contributed by atoms with Gasteiger partial charge in [0.1, 0.15) is 17.8 Å². The minimum Gasteiger partial charge on any atom is -1.00 e. The Hall–Kier alpha value is -1.62. The third-order valence-corrected chi connectivity index (χ3v) is 7.35. The molecule has 0 atom stereocenters. The zero-order chi connectivity index (χ0) is 43.4. The van der Waals surface area contributed by atoms with Gasteiger partial charge in [-0.05, 0) is 68.7 Å². The van der Waals surface area contributed by atoms with Crippen LogP contribution in [0, 0.1) is 6.92 Å². The Labute approximate surface area is 409 Å². The topological polar surface area (TPSA) is 202 Å². The van der Waals surface area contributed by atoms with Gasteiger partial charge in [-0.3, -0.25) is 14.3 Å². The average molecular weight is 1150 g/mol. The van der Waals surface area contributed by atoms with E-state index < -0.39 is 23.9 Å². The van der Waals surface area contributed by atoms with Crippen molar-refractivity contribution in [3.8, 4) is 0 Å². The molecule has 0 bridgehead atoms. The van der Waals surface area contributed by atoms with Crippen molar-refractivity contribution >= 4 is 92.7 Å². The summed E-state index contributed by atoms with van der Waals surface area (Å²) >= 11 is 10.8. The summed E-state index contributed by atoms with van der Waals surface area (Å²) < 4.78 is 48.4. The number of aryl methyl sites for hydroxylation is 2. The van der Waals surface area contributed by atoms with Gasteiger partial charge in [-0.2, -0.15) is 0 Å². The maximum Gasteiger partial charge on any atom is 1.00 e. The number of aromatic nitrogens is 3. The molecule has 0 amide bonds. The first-order valence-electron chi connectivity index (χ1n) is 15.8. The predicted octanol–water partition coefficient (Wildman–Crippen LogP) is 0.178. The first-order chi connectivity index (χ1) is 26.5. The van der Waals surface area contributed by atoms with Crippen molar-refractivity contribution in [3.05, 3.63) is 114 Å². The first kappa shape index (κ1) is 65.5. The number of hydrogen-bond acceptors (Lipinski definition) is 17. The van der Waals surface area contributed by atoms with Crippen LogP contribution >= 0.6 is 44.9 Å². The SMILES string of the molecule is CCOC(=O)C1=CN(C)C=CC1.CCOC(=O)c1ccc[n+](C)c1.CCOC(=O)c1cccnc1.CI.Cc1cccnc1.O=S(=O)(Cl)CCl.O=[S-](=S)OOO.[I-].[Na+]. The number of hydrogen-bond donors (Lipinski definition) is 1. The van der Waals surface area contributed by atoms with Crippen LogP contribution in [-0.2, 0) is 69.5 Å². The van der Waals surface area contributed by atoms with E-state index in [1.54, 1.807) is 63.8 Å². The molecule has 0 aromatic carbocycles. The van der Waals surface area contributed by atoms with Crippen molar-refractivity contribution in [2.24, 2.45) is 7.05 Å². The molecule has 0 unspecified atom stereocenters. The van der Waals surface area contributed by atoms with Crippen LogP contribution < -0.4 is 58.1 Å². The van der Waals surface area contributed by atoms with E-state index in [-0.39, 0.29) is 71.4 Å². The van der Waals surface area contributed by atoms with Crippen molar-refractivity contribution in [3.63, 3.8) is 0 Å². The smallest absolute Gasteiger partial charge is 1.00 e. The van der Waals surface area contributed by atoms with Crippen LogP contribution in [0.3, 0.4) is 0 Å². The second-order valence-corrected chi connectivity index (χ2v) is 14.3. The molecule has 16 nitrogen and oxygen atoms in total. The van der Waals surface area contributed by atoms with Gasteiger partial charge >= 0.3 is 47.5 Å². The summed E-state index contributed by atoms with van der Waals surface area (Å²) in [6, 6.07) is 10.9. The van der Waals surface area contributed by atoms with Crippen LogP contribution in [0.25, 0.3) is 0 Å². The van der Waals surface area contributed by atoms with Crippen LogP contribution in [0.1, 0.15) is 53.5 Å². The number of allylic oxidation sites excluding steroid dienone is 1. The molecule has 1 N–H and O–H groups in total. The molecular formula is C34H47Cl2I2N4NaO12S3. The summed E-state index contributed by atoms with van der Waals surface area (Å²) in [7, 11) is 2.93. The van der Waals surface area contributed by atoms with E-state index in [4.69, 9.17) is 31.1 Å². The maximum absolute atomic E-state index is 11.2. The standard InChI is InChI=1S/C9H13NO2.C9H12NO2.C8H9NO2.C6H7N.CH2Cl2O2S.CH3I.HI.Na.HO4S2/c2*1-3-12-9(11)8-5-4-6-10(2)7-8;1-2-11-8(10)7-4-3-5-9-6-7;1-6-3-2-4-7-5-6;2-1-6(3,4)5;1-2;;;1-3-4-6(2)5/h4,6-7H,3,5H2,1-2H3;4-7H,3H2,1-2H3;3-6H,2H2,1H3;2-5H,1H3;1H2;1H3;1H;;1H/q;+1;;;;;;+1;-1/p-1. The fourth-order valence-corrected chi connectivity index (χ4v) is 3.27. The first-order valence-corrected chi connectivity index (χ1v) is 23.0. The number of rotatable bonds is 9. The van der Waals surface area contributed by atoms with Crippen LogP contribution in [0.5, 0.6) is 0 Å². The number of nitrogens with zero attached hydrogens (tertiary/aromatic N) is 4. The number of esters is 3. The zero-order valence-corrected chi connectivity index (χ0v) is 43.4. The van der Waals surface area contributed by atoms with Crippen molar-refractivity contribution in [1.29, 1.82) is 0 Å². The van der Waals surface area contributed by atoms with E-state index >= 15 is 0 Å². The maximum atomic E-state index is 11.2. The molecule has 0 saturated heterocycles. The molecule has 3 aromatic heterocycles. The molecule has 322 valence electrons. The van der Waals surface area contributed by atoms with Gasteiger partial charge in [-0.15, -0.1) is 11.6 Å². The Kier molecular flexibility index (Phi) is 49.1. The van der Waals surface area contributed by atoms with E-state index in [0.29, 0.717) is 42.9 Å². The number of pyridine rings is 3. The third kappa shape index (κ3) is 41.1. The second kappa shape index (κ2) is 43.5. The summed E-state index contributed by atoms with van der Waals surface area (Å²) in [6.45, 7) is 8.64. The summed E-state index contributed by atoms with van der Waals surface area (Å²) in [6.07, 6.45) is 16.6. The third-order valence-electron chi connectivity index (χ3n) is 5.22. The normalized spacial score (nSPS) is 10.3. The second-order valence-electron chi connectivity index (χ2n) is 9.59. The van der Waals surface area contributed by atoms with Crippen LogP contribution in [-0.4, -0.2) is 83.5 Å². The van der Waals surface area contributed by atoms with Crippen molar-refractivity contribution < 1.29 is 114 Å². The fraction of sp³-hybridized carbons (Fsp3) is 0.353. The zero-order valence-electron chi connectivity index (χ0n) is 33.2.